The maximum Gasteiger partial charge on any atom is 0.244 e. The molecule has 6 heteroatoms. The maximum absolute atomic E-state index is 12.5. The van der Waals surface area contributed by atoms with E-state index in [0.29, 0.717) is 11.8 Å². The van der Waals surface area contributed by atoms with Crippen LogP contribution >= 0.6 is 0 Å². The summed E-state index contributed by atoms with van der Waals surface area (Å²) >= 11 is 0. The highest BCUT2D eigenvalue weighted by Gasteiger charge is 2.43. The van der Waals surface area contributed by atoms with Crippen molar-refractivity contribution >= 4 is 10.0 Å². The number of nitrogens with zero attached hydrogens (tertiary/aromatic N) is 1. The van der Waals surface area contributed by atoms with Crippen molar-refractivity contribution in [3.8, 4) is 5.75 Å². The summed E-state index contributed by atoms with van der Waals surface area (Å²) in [5.74, 6) is 0.478. The van der Waals surface area contributed by atoms with Gasteiger partial charge in [0.2, 0.25) is 10.0 Å². The fraction of sp³-hybridized carbons (Fsp3) is 0.600. The standard InChI is InChI=1S/C15H20N2O3S/c18-21(19)15-8-4-3-7-13(15)20-14-10-17(9-12(14)16-21)11-5-1-2-6-11/h3-4,7-8,11-12,14,16H,1-2,5-6,9-10H2. The average molecular weight is 308 g/mol. The molecule has 0 aromatic heterocycles. The van der Waals surface area contributed by atoms with Gasteiger partial charge in [-0.3, -0.25) is 4.90 Å². The third-order valence-corrected chi connectivity index (χ3v) is 6.39. The molecule has 1 aromatic carbocycles. The SMILES string of the molecule is O=S1(=O)NC2CN(C3CCCC3)CC2Oc2ccccc21. The van der Waals surface area contributed by atoms with Crippen molar-refractivity contribution < 1.29 is 13.2 Å². The first-order valence-electron chi connectivity index (χ1n) is 7.65. The van der Waals surface area contributed by atoms with Gasteiger partial charge in [-0.1, -0.05) is 25.0 Å². The maximum atomic E-state index is 12.5. The fourth-order valence-electron chi connectivity index (χ4n) is 3.80. The van der Waals surface area contributed by atoms with Crippen molar-refractivity contribution in [1.82, 2.24) is 9.62 Å². The van der Waals surface area contributed by atoms with Gasteiger partial charge in [0.25, 0.3) is 0 Å². The average Bonchev–Trinajstić information content (AvgIpc) is 3.07. The molecule has 114 valence electrons. The van der Waals surface area contributed by atoms with Crippen molar-refractivity contribution in [2.45, 2.75) is 48.8 Å². The molecule has 2 atom stereocenters. The van der Waals surface area contributed by atoms with E-state index >= 15 is 0 Å². The van der Waals surface area contributed by atoms with E-state index in [1.807, 2.05) is 6.07 Å². The first-order chi connectivity index (χ1) is 10.1. The second-order valence-electron chi connectivity index (χ2n) is 6.22. The van der Waals surface area contributed by atoms with Crippen molar-refractivity contribution in [1.29, 1.82) is 0 Å². The molecule has 0 radical (unpaired) electrons. The van der Waals surface area contributed by atoms with Crippen LogP contribution in [0.5, 0.6) is 5.75 Å². The Hall–Kier alpha value is -1.11. The second kappa shape index (κ2) is 4.97. The summed E-state index contributed by atoms with van der Waals surface area (Å²) in [6.45, 7) is 1.56. The van der Waals surface area contributed by atoms with Gasteiger partial charge in [-0.25, -0.2) is 13.1 Å². The van der Waals surface area contributed by atoms with Gasteiger partial charge >= 0.3 is 0 Å². The highest BCUT2D eigenvalue weighted by Crippen LogP contribution is 2.33. The van der Waals surface area contributed by atoms with E-state index < -0.39 is 10.0 Å². The molecule has 0 spiro atoms. The highest BCUT2D eigenvalue weighted by molar-refractivity contribution is 7.89. The molecule has 2 unspecified atom stereocenters. The number of sulfonamides is 1. The molecule has 21 heavy (non-hydrogen) atoms. The molecule has 2 heterocycles. The molecule has 1 N–H and O–H groups in total. The summed E-state index contributed by atoms with van der Waals surface area (Å²) in [5.41, 5.74) is 0. The highest BCUT2D eigenvalue weighted by atomic mass is 32.2. The topological polar surface area (TPSA) is 58.6 Å². The van der Waals surface area contributed by atoms with Crippen LogP contribution in [0.3, 0.4) is 0 Å². The lowest BCUT2D eigenvalue weighted by Crippen LogP contribution is -2.42. The molecule has 5 nitrogen and oxygen atoms in total. The molecule has 0 amide bonds. The van der Waals surface area contributed by atoms with Crippen LogP contribution in [-0.4, -0.2) is 44.6 Å². The van der Waals surface area contributed by atoms with E-state index in [2.05, 4.69) is 9.62 Å². The predicted octanol–water partition coefficient (Wildman–Crippen LogP) is 1.35. The summed E-state index contributed by atoms with van der Waals surface area (Å²) < 4.78 is 33.8. The summed E-state index contributed by atoms with van der Waals surface area (Å²) in [5, 5.41) is 0. The minimum Gasteiger partial charge on any atom is -0.486 e. The predicted molar refractivity (Wildman–Crippen MR) is 78.8 cm³/mol. The normalized spacial score (nSPS) is 32.2. The monoisotopic (exact) mass is 308 g/mol. The number of rotatable bonds is 1. The van der Waals surface area contributed by atoms with Crippen LogP contribution in [0, 0.1) is 0 Å². The molecular formula is C15H20N2O3S. The van der Waals surface area contributed by atoms with Crippen molar-refractivity contribution in [3.05, 3.63) is 24.3 Å². The zero-order chi connectivity index (χ0) is 14.4. The molecule has 1 aromatic rings. The van der Waals surface area contributed by atoms with Crippen molar-refractivity contribution in [2.24, 2.45) is 0 Å². The number of ether oxygens (including phenoxy) is 1. The molecular weight excluding hydrogens is 288 g/mol. The molecule has 2 aliphatic heterocycles. The molecule has 1 saturated carbocycles. The lowest BCUT2D eigenvalue weighted by Gasteiger charge is -2.23. The Labute approximate surface area is 125 Å². The van der Waals surface area contributed by atoms with Crippen LogP contribution in [0.4, 0.5) is 0 Å². The Bertz CT molecular complexity index is 640. The van der Waals surface area contributed by atoms with Crippen LogP contribution in [0.25, 0.3) is 0 Å². The smallest absolute Gasteiger partial charge is 0.244 e. The lowest BCUT2D eigenvalue weighted by molar-refractivity contribution is 0.170. The summed E-state index contributed by atoms with van der Waals surface area (Å²) in [6, 6.07) is 7.34. The Morgan fingerprint density at radius 2 is 1.90 bits per heavy atom. The van der Waals surface area contributed by atoms with E-state index in [-0.39, 0.29) is 17.0 Å². The van der Waals surface area contributed by atoms with Gasteiger partial charge in [-0.2, -0.15) is 0 Å². The molecule has 4 rings (SSSR count). The summed E-state index contributed by atoms with van der Waals surface area (Å²) in [7, 11) is -3.48. The largest absolute Gasteiger partial charge is 0.486 e. The van der Waals surface area contributed by atoms with Gasteiger partial charge in [0, 0.05) is 19.1 Å². The molecule has 1 saturated heterocycles. The number of hydrogen-bond donors (Lipinski definition) is 1. The first-order valence-corrected chi connectivity index (χ1v) is 9.14. The van der Waals surface area contributed by atoms with Crippen LogP contribution in [-0.2, 0) is 10.0 Å². The number of benzene rings is 1. The van der Waals surface area contributed by atoms with E-state index in [1.165, 1.54) is 25.7 Å². The van der Waals surface area contributed by atoms with Gasteiger partial charge in [0.1, 0.15) is 16.7 Å². The zero-order valence-corrected chi connectivity index (χ0v) is 12.7. The number of likely N-dealkylation sites (tertiary alicyclic amines) is 1. The third-order valence-electron chi connectivity index (χ3n) is 4.86. The number of hydrogen-bond acceptors (Lipinski definition) is 4. The van der Waals surface area contributed by atoms with Gasteiger partial charge in [-0.15, -0.1) is 0 Å². The molecule has 0 bridgehead atoms. The van der Waals surface area contributed by atoms with E-state index in [1.54, 1.807) is 18.2 Å². The first kappa shape index (κ1) is 13.5. The van der Waals surface area contributed by atoms with Crippen LogP contribution < -0.4 is 9.46 Å². The van der Waals surface area contributed by atoms with Crippen molar-refractivity contribution in [3.63, 3.8) is 0 Å². The summed E-state index contributed by atoms with van der Waals surface area (Å²) in [4.78, 5) is 2.66. The molecule has 2 fully saturated rings. The molecule has 3 aliphatic rings. The van der Waals surface area contributed by atoms with Gasteiger partial charge in [0.05, 0.1) is 6.04 Å². The van der Waals surface area contributed by atoms with E-state index in [4.69, 9.17) is 4.74 Å². The third kappa shape index (κ3) is 2.35. The van der Waals surface area contributed by atoms with Crippen molar-refractivity contribution in [2.75, 3.05) is 13.1 Å². The Morgan fingerprint density at radius 1 is 1.14 bits per heavy atom. The Balaban J connectivity index is 1.63. The number of para-hydroxylation sites is 1. The van der Waals surface area contributed by atoms with Crippen LogP contribution in [0.2, 0.25) is 0 Å². The second-order valence-corrected chi connectivity index (χ2v) is 7.91. The number of fused-ring (bicyclic) bond motifs is 2. The molecule has 1 aliphatic carbocycles. The van der Waals surface area contributed by atoms with Gasteiger partial charge in [0.15, 0.2) is 0 Å². The quantitative estimate of drug-likeness (QED) is 0.851. The zero-order valence-electron chi connectivity index (χ0n) is 11.9. The lowest BCUT2D eigenvalue weighted by atomic mass is 10.2. The van der Waals surface area contributed by atoms with E-state index in [0.717, 1.165) is 13.1 Å². The Kier molecular flexibility index (Phi) is 3.20. The minimum absolute atomic E-state index is 0.0935. The number of nitrogens with one attached hydrogen (secondary N) is 1. The van der Waals surface area contributed by atoms with E-state index in [9.17, 15) is 8.42 Å². The Morgan fingerprint density at radius 3 is 2.71 bits per heavy atom. The summed E-state index contributed by atoms with van der Waals surface area (Å²) in [6.07, 6.45) is 4.92. The minimum atomic E-state index is -3.48. The van der Waals surface area contributed by atoms with Gasteiger partial charge < -0.3 is 4.74 Å². The fourth-order valence-corrected chi connectivity index (χ4v) is 5.19. The van der Waals surface area contributed by atoms with Crippen LogP contribution in [0.15, 0.2) is 29.2 Å². The van der Waals surface area contributed by atoms with Gasteiger partial charge in [-0.05, 0) is 25.0 Å². The van der Waals surface area contributed by atoms with Crippen LogP contribution in [0.1, 0.15) is 25.7 Å².